The van der Waals surface area contributed by atoms with Crippen LogP contribution in [0.25, 0.3) is 0 Å². The maximum Gasteiger partial charge on any atom is 0.133 e. The zero-order valence-corrected chi connectivity index (χ0v) is 15.1. The highest BCUT2D eigenvalue weighted by Crippen LogP contribution is 2.28. The van der Waals surface area contributed by atoms with E-state index in [1.807, 2.05) is 6.20 Å². The molecule has 1 saturated heterocycles. The molecule has 118 valence electrons. The summed E-state index contributed by atoms with van der Waals surface area (Å²) in [5.41, 5.74) is 1.31. The van der Waals surface area contributed by atoms with Crippen molar-refractivity contribution in [3.05, 3.63) is 22.3 Å². The van der Waals surface area contributed by atoms with Gasteiger partial charge in [-0.2, -0.15) is 0 Å². The molecule has 1 atom stereocenters. The minimum Gasteiger partial charge on any atom is -0.356 e. The Morgan fingerprint density at radius 3 is 3.00 bits per heavy atom. The summed E-state index contributed by atoms with van der Waals surface area (Å²) in [7, 11) is 0. The van der Waals surface area contributed by atoms with E-state index in [0.717, 1.165) is 30.0 Å². The number of rotatable bonds is 7. The van der Waals surface area contributed by atoms with E-state index >= 15 is 0 Å². The van der Waals surface area contributed by atoms with Crippen LogP contribution in [0.2, 0.25) is 0 Å². The van der Waals surface area contributed by atoms with E-state index in [4.69, 9.17) is 4.98 Å². The Morgan fingerprint density at radius 2 is 2.29 bits per heavy atom. The average Bonchev–Trinajstić information content (AvgIpc) is 2.87. The molecule has 2 rings (SSSR count). The monoisotopic (exact) mass is 353 g/mol. The molecule has 0 amide bonds. The van der Waals surface area contributed by atoms with Gasteiger partial charge in [-0.05, 0) is 53.2 Å². The van der Waals surface area contributed by atoms with Crippen LogP contribution in [0.15, 0.2) is 16.7 Å². The first kappa shape index (κ1) is 16.8. The number of hydrogen-bond donors (Lipinski definition) is 1. The molecule has 3 nitrogen and oxygen atoms in total. The predicted octanol–water partition coefficient (Wildman–Crippen LogP) is 4.22. The normalized spacial score (nSPS) is 18.7. The lowest BCUT2D eigenvalue weighted by molar-refractivity contribution is 0.529. The third kappa shape index (κ3) is 4.96. The van der Waals surface area contributed by atoms with Gasteiger partial charge in [0.25, 0.3) is 0 Å². The Morgan fingerprint density at radius 1 is 1.48 bits per heavy atom. The lowest BCUT2D eigenvalue weighted by Crippen LogP contribution is -2.25. The summed E-state index contributed by atoms with van der Waals surface area (Å²) in [5.74, 6) is 2.69. The molecule has 2 heterocycles. The second-order valence-corrected chi connectivity index (χ2v) is 7.47. The Hall–Kier alpha value is -0.610. The SMILES string of the molecule is CCCC1CCN(c2ncc(Br)cc2CNCC(C)C)C1. The first-order chi connectivity index (χ1) is 10.1. The number of nitrogens with one attached hydrogen (secondary N) is 1. The number of pyridine rings is 1. The predicted molar refractivity (Wildman–Crippen MR) is 93.7 cm³/mol. The van der Waals surface area contributed by atoms with Crippen LogP contribution in [0.5, 0.6) is 0 Å². The van der Waals surface area contributed by atoms with Crippen LogP contribution in [0.4, 0.5) is 5.82 Å². The Labute approximate surface area is 137 Å². The van der Waals surface area contributed by atoms with E-state index in [9.17, 15) is 0 Å². The van der Waals surface area contributed by atoms with E-state index in [1.54, 1.807) is 0 Å². The molecule has 1 N–H and O–H groups in total. The van der Waals surface area contributed by atoms with E-state index in [2.05, 4.69) is 53.0 Å². The van der Waals surface area contributed by atoms with Gasteiger partial charge in [-0.25, -0.2) is 4.98 Å². The number of halogens is 1. The van der Waals surface area contributed by atoms with Crippen molar-refractivity contribution in [2.24, 2.45) is 11.8 Å². The first-order valence-electron chi connectivity index (χ1n) is 8.20. The second kappa shape index (κ2) is 8.14. The topological polar surface area (TPSA) is 28.2 Å². The largest absolute Gasteiger partial charge is 0.356 e. The van der Waals surface area contributed by atoms with Crippen molar-refractivity contribution in [2.75, 3.05) is 24.5 Å². The highest BCUT2D eigenvalue weighted by Gasteiger charge is 2.24. The van der Waals surface area contributed by atoms with E-state index in [1.165, 1.54) is 37.2 Å². The maximum atomic E-state index is 4.69. The van der Waals surface area contributed by atoms with Crippen molar-refractivity contribution in [1.82, 2.24) is 10.3 Å². The van der Waals surface area contributed by atoms with Gasteiger partial charge in [-0.15, -0.1) is 0 Å². The van der Waals surface area contributed by atoms with Gasteiger partial charge >= 0.3 is 0 Å². The third-order valence-corrected chi connectivity index (χ3v) is 4.49. The summed E-state index contributed by atoms with van der Waals surface area (Å²) in [6.45, 7) is 11.0. The zero-order valence-electron chi connectivity index (χ0n) is 13.5. The average molecular weight is 354 g/mol. The van der Waals surface area contributed by atoms with Crippen molar-refractivity contribution in [3.63, 3.8) is 0 Å². The molecule has 1 aromatic rings. The highest BCUT2D eigenvalue weighted by atomic mass is 79.9. The number of anilines is 1. The van der Waals surface area contributed by atoms with Gasteiger partial charge in [-0.3, -0.25) is 0 Å². The Kier molecular flexibility index (Phi) is 6.49. The van der Waals surface area contributed by atoms with Crippen molar-refractivity contribution in [3.8, 4) is 0 Å². The molecule has 0 saturated carbocycles. The van der Waals surface area contributed by atoms with E-state index in [0.29, 0.717) is 5.92 Å². The molecule has 21 heavy (non-hydrogen) atoms. The third-order valence-electron chi connectivity index (χ3n) is 4.06. The quantitative estimate of drug-likeness (QED) is 0.795. The Balaban J connectivity index is 2.04. The molecule has 1 aromatic heterocycles. The molecule has 1 aliphatic heterocycles. The zero-order chi connectivity index (χ0) is 15.2. The van der Waals surface area contributed by atoms with Crippen LogP contribution in [0.1, 0.15) is 45.6 Å². The molecule has 0 spiro atoms. The van der Waals surface area contributed by atoms with Gasteiger partial charge in [0, 0.05) is 35.9 Å². The summed E-state index contributed by atoms with van der Waals surface area (Å²) in [5, 5.41) is 3.54. The van der Waals surface area contributed by atoms with Crippen LogP contribution < -0.4 is 10.2 Å². The molecule has 4 heteroatoms. The van der Waals surface area contributed by atoms with Gasteiger partial charge < -0.3 is 10.2 Å². The van der Waals surface area contributed by atoms with Crippen LogP contribution in [0, 0.1) is 11.8 Å². The maximum absolute atomic E-state index is 4.69. The number of aromatic nitrogens is 1. The van der Waals surface area contributed by atoms with Gasteiger partial charge in [0.15, 0.2) is 0 Å². The van der Waals surface area contributed by atoms with Crippen LogP contribution >= 0.6 is 15.9 Å². The second-order valence-electron chi connectivity index (χ2n) is 6.55. The molecule has 1 unspecified atom stereocenters. The van der Waals surface area contributed by atoms with Gasteiger partial charge in [0.05, 0.1) is 0 Å². The van der Waals surface area contributed by atoms with Gasteiger partial charge in [0.1, 0.15) is 5.82 Å². The first-order valence-corrected chi connectivity index (χ1v) is 8.99. The fourth-order valence-electron chi connectivity index (χ4n) is 3.05. The van der Waals surface area contributed by atoms with Crippen LogP contribution in [-0.4, -0.2) is 24.6 Å². The minimum absolute atomic E-state index is 0.675. The number of nitrogens with zero attached hydrogens (tertiary/aromatic N) is 2. The molecule has 0 radical (unpaired) electrons. The van der Waals surface area contributed by atoms with Crippen LogP contribution in [-0.2, 0) is 6.54 Å². The van der Waals surface area contributed by atoms with Gasteiger partial charge in [0.2, 0.25) is 0 Å². The van der Waals surface area contributed by atoms with Crippen molar-refractivity contribution in [1.29, 1.82) is 0 Å². The molecular formula is C17H28BrN3. The fourth-order valence-corrected chi connectivity index (χ4v) is 3.43. The lowest BCUT2D eigenvalue weighted by Gasteiger charge is -2.21. The van der Waals surface area contributed by atoms with Crippen molar-refractivity contribution >= 4 is 21.7 Å². The summed E-state index contributed by atoms with van der Waals surface area (Å²) in [4.78, 5) is 7.16. The fraction of sp³-hybridized carbons (Fsp3) is 0.706. The summed E-state index contributed by atoms with van der Waals surface area (Å²) >= 11 is 3.55. The molecule has 1 fully saturated rings. The summed E-state index contributed by atoms with van der Waals surface area (Å²) in [6.07, 6.45) is 5.86. The standard InChI is InChI=1S/C17H28BrN3/c1-4-5-14-6-7-21(12-14)17-15(8-16(18)11-20-17)10-19-9-13(2)3/h8,11,13-14,19H,4-7,9-10,12H2,1-3H3. The highest BCUT2D eigenvalue weighted by molar-refractivity contribution is 9.10. The van der Waals surface area contributed by atoms with Crippen LogP contribution in [0.3, 0.4) is 0 Å². The molecule has 0 bridgehead atoms. The van der Waals surface area contributed by atoms with Gasteiger partial charge in [-0.1, -0.05) is 27.2 Å². The molecular weight excluding hydrogens is 326 g/mol. The molecule has 1 aliphatic rings. The summed E-state index contributed by atoms with van der Waals surface area (Å²) in [6, 6.07) is 2.21. The summed E-state index contributed by atoms with van der Waals surface area (Å²) < 4.78 is 1.07. The molecule has 0 aromatic carbocycles. The van der Waals surface area contributed by atoms with E-state index in [-0.39, 0.29) is 0 Å². The van der Waals surface area contributed by atoms with Crippen molar-refractivity contribution in [2.45, 2.75) is 46.6 Å². The van der Waals surface area contributed by atoms with E-state index < -0.39 is 0 Å². The smallest absolute Gasteiger partial charge is 0.133 e. The van der Waals surface area contributed by atoms with Crippen molar-refractivity contribution < 1.29 is 0 Å². The Bertz CT molecular complexity index is 448. The molecule has 0 aliphatic carbocycles. The number of hydrogen-bond acceptors (Lipinski definition) is 3. The minimum atomic E-state index is 0.675. The lowest BCUT2D eigenvalue weighted by atomic mass is 10.0.